The highest BCUT2D eigenvalue weighted by Crippen LogP contribution is 2.28. The largest absolute Gasteiger partial charge is 0.390 e. The summed E-state index contributed by atoms with van der Waals surface area (Å²) in [7, 11) is 0. The molecule has 1 N–H and O–H groups in total. The molecule has 0 saturated carbocycles. The van der Waals surface area contributed by atoms with Crippen LogP contribution in [0.4, 0.5) is 0 Å². The fourth-order valence-electron chi connectivity index (χ4n) is 2.10. The van der Waals surface area contributed by atoms with Gasteiger partial charge in [-0.15, -0.1) is 0 Å². The van der Waals surface area contributed by atoms with Gasteiger partial charge in [-0.25, -0.2) is 4.98 Å². The van der Waals surface area contributed by atoms with Crippen LogP contribution in [0.1, 0.15) is 5.69 Å². The molecule has 0 fully saturated rings. The highest BCUT2D eigenvalue weighted by Gasteiger charge is 2.14. The zero-order valence-electron chi connectivity index (χ0n) is 9.85. The lowest BCUT2D eigenvalue weighted by atomic mass is 10.1. The van der Waals surface area contributed by atoms with Gasteiger partial charge in [0.05, 0.1) is 22.6 Å². The van der Waals surface area contributed by atoms with E-state index in [1.807, 2.05) is 46.9 Å². The second-order valence-electron chi connectivity index (χ2n) is 4.11. The summed E-state index contributed by atoms with van der Waals surface area (Å²) in [5.41, 5.74) is 3.39. The van der Waals surface area contributed by atoms with Crippen LogP contribution in [-0.4, -0.2) is 14.5 Å². The Morgan fingerprint density at radius 3 is 2.47 bits per heavy atom. The average molecular weight is 382 g/mol. The number of hydrogen-bond donors (Lipinski definition) is 1. The number of imidazole rings is 1. The van der Waals surface area contributed by atoms with E-state index in [-0.39, 0.29) is 6.61 Å². The zero-order valence-corrected chi connectivity index (χ0v) is 13.0. The highest BCUT2D eigenvalue weighted by atomic mass is 79.9. The Morgan fingerprint density at radius 1 is 1.05 bits per heavy atom. The van der Waals surface area contributed by atoms with Gasteiger partial charge in [-0.1, -0.05) is 34.1 Å². The molecule has 0 atom stereocenters. The first-order chi connectivity index (χ1) is 9.20. The van der Waals surface area contributed by atoms with Gasteiger partial charge in [0.2, 0.25) is 0 Å². The van der Waals surface area contributed by atoms with E-state index < -0.39 is 0 Å². The number of benzene rings is 1. The summed E-state index contributed by atoms with van der Waals surface area (Å²) in [6, 6.07) is 13.7. The van der Waals surface area contributed by atoms with Gasteiger partial charge in [-0.2, -0.15) is 0 Å². The van der Waals surface area contributed by atoms with E-state index >= 15 is 0 Å². The number of pyridine rings is 1. The molecule has 3 aromatic rings. The molecule has 0 radical (unpaired) electrons. The van der Waals surface area contributed by atoms with Gasteiger partial charge in [-0.05, 0) is 40.2 Å². The molecule has 96 valence electrons. The van der Waals surface area contributed by atoms with E-state index in [0.29, 0.717) is 0 Å². The van der Waals surface area contributed by atoms with Crippen LogP contribution in [0.3, 0.4) is 0 Å². The van der Waals surface area contributed by atoms with Crippen molar-refractivity contribution in [3.63, 3.8) is 0 Å². The number of rotatable bonds is 2. The Kier molecular flexibility index (Phi) is 3.43. The smallest absolute Gasteiger partial charge is 0.138 e. The van der Waals surface area contributed by atoms with Crippen molar-refractivity contribution < 1.29 is 5.11 Å². The van der Waals surface area contributed by atoms with Crippen molar-refractivity contribution >= 4 is 37.5 Å². The molecule has 0 amide bonds. The number of nitrogens with zero attached hydrogens (tertiary/aromatic N) is 2. The molecule has 0 spiro atoms. The monoisotopic (exact) mass is 380 g/mol. The van der Waals surface area contributed by atoms with Gasteiger partial charge < -0.3 is 5.11 Å². The van der Waals surface area contributed by atoms with Crippen LogP contribution < -0.4 is 0 Å². The summed E-state index contributed by atoms with van der Waals surface area (Å²) >= 11 is 6.91. The maximum atomic E-state index is 9.65. The van der Waals surface area contributed by atoms with Crippen LogP contribution in [0, 0.1) is 0 Å². The van der Waals surface area contributed by atoms with Gasteiger partial charge in [0.25, 0.3) is 0 Å². The van der Waals surface area contributed by atoms with Crippen molar-refractivity contribution in [1.82, 2.24) is 9.38 Å². The van der Waals surface area contributed by atoms with E-state index in [1.165, 1.54) is 0 Å². The number of hydrogen-bond acceptors (Lipinski definition) is 2. The van der Waals surface area contributed by atoms with Crippen molar-refractivity contribution in [3.8, 4) is 11.3 Å². The van der Waals surface area contributed by atoms with Crippen LogP contribution >= 0.6 is 31.9 Å². The molecule has 3 rings (SSSR count). The molecule has 0 bridgehead atoms. The van der Waals surface area contributed by atoms with Crippen LogP contribution in [0.5, 0.6) is 0 Å². The summed E-state index contributed by atoms with van der Waals surface area (Å²) in [4.78, 5) is 4.60. The molecule has 0 aliphatic rings. The second-order valence-corrected chi connectivity index (χ2v) is 5.84. The topological polar surface area (TPSA) is 37.5 Å². The molecule has 19 heavy (non-hydrogen) atoms. The van der Waals surface area contributed by atoms with E-state index in [9.17, 15) is 5.11 Å². The number of halogens is 2. The predicted molar refractivity (Wildman–Crippen MR) is 82.0 cm³/mol. The Labute approximate surface area is 127 Å². The maximum Gasteiger partial charge on any atom is 0.138 e. The van der Waals surface area contributed by atoms with Crippen molar-refractivity contribution in [1.29, 1.82) is 0 Å². The van der Waals surface area contributed by atoms with Gasteiger partial charge in [0.15, 0.2) is 0 Å². The fourth-order valence-corrected chi connectivity index (χ4v) is 2.91. The molecular formula is C14H10Br2N2O. The number of fused-ring (bicyclic) bond motifs is 1. The third-order valence-corrected chi connectivity index (χ3v) is 4.11. The molecule has 0 saturated heterocycles. The van der Waals surface area contributed by atoms with Gasteiger partial charge in [-0.3, -0.25) is 4.40 Å². The predicted octanol–water partition coefficient (Wildman–Crippen LogP) is 4.02. The van der Waals surface area contributed by atoms with E-state index in [4.69, 9.17) is 0 Å². The Hall–Kier alpha value is -1.17. The van der Waals surface area contributed by atoms with Gasteiger partial charge in [0, 0.05) is 10.0 Å². The lowest BCUT2D eigenvalue weighted by Gasteiger charge is -2.03. The molecule has 5 heteroatoms. The SMILES string of the molecule is OCc1c(-c2ccc(Br)cc2)nc2cccc(Br)n12. The normalized spacial score (nSPS) is 11.1. The van der Waals surface area contributed by atoms with Gasteiger partial charge >= 0.3 is 0 Å². The maximum absolute atomic E-state index is 9.65. The molecule has 3 nitrogen and oxygen atoms in total. The second kappa shape index (κ2) is 5.07. The zero-order chi connectivity index (χ0) is 13.4. The molecule has 0 aliphatic carbocycles. The third kappa shape index (κ3) is 2.22. The summed E-state index contributed by atoms with van der Waals surface area (Å²) in [6.45, 7) is -0.0603. The van der Waals surface area contributed by atoms with Gasteiger partial charge in [0.1, 0.15) is 5.65 Å². The first kappa shape index (κ1) is 12.8. The summed E-state index contributed by atoms with van der Waals surface area (Å²) in [5, 5.41) is 9.65. The lowest BCUT2D eigenvalue weighted by molar-refractivity contribution is 0.276. The van der Waals surface area contributed by atoms with Crippen LogP contribution in [0.2, 0.25) is 0 Å². The van der Waals surface area contributed by atoms with E-state index in [0.717, 1.165) is 31.7 Å². The van der Waals surface area contributed by atoms with Crippen LogP contribution in [-0.2, 0) is 6.61 Å². The average Bonchev–Trinajstić information content (AvgIpc) is 2.79. The Morgan fingerprint density at radius 2 is 1.79 bits per heavy atom. The first-order valence-corrected chi connectivity index (χ1v) is 7.32. The molecule has 0 unspecified atom stereocenters. The van der Waals surface area contributed by atoms with E-state index in [1.54, 1.807) is 0 Å². The number of aliphatic hydroxyl groups is 1. The van der Waals surface area contributed by atoms with Crippen molar-refractivity contribution in [2.45, 2.75) is 6.61 Å². The standard InChI is InChI=1S/C14H10Br2N2O/c15-10-6-4-9(5-7-10)14-11(8-19)18-12(16)2-1-3-13(18)17-14/h1-7,19H,8H2. The Bertz CT molecular complexity index is 735. The quantitative estimate of drug-likeness (QED) is 0.680. The Balaban J connectivity index is 2.29. The van der Waals surface area contributed by atoms with Crippen LogP contribution in [0.15, 0.2) is 51.5 Å². The van der Waals surface area contributed by atoms with Crippen molar-refractivity contribution in [2.24, 2.45) is 0 Å². The molecular weight excluding hydrogens is 372 g/mol. The third-order valence-electron chi connectivity index (χ3n) is 2.96. The summed E-state index contributed by atoms with van der Waals surface area (Å²) < 4.78 is 3.81. The number of aliphatic hydroxyl groups excluding tert-OH is 1. The minimum atomic E-state index is -0.0603. The molecule has 1 aromatic carbocycles. The molecule has 2 heterocycles. The minimum absolute atomic E-state index is 0.0603. The van der Waals surface area contributed by atoms with E-state index in [2.05, 4.69) is 36.8 Å². The lowest BCUT2D eigenvalue weighted by Crippen LogP contribution is -1.95. The highest BCUT2D eigenvalue weighted by molar-refractivity contribution is 9.10. The first-order valence-electron chi connectivity index (χ1n) is 5.73. The van der Waals surface area contributed by atoms with Crippen LogP contribution in [0.25, 0.3) is 16.9 Å². The fraction of sp³-hybridized carbons (Fsp3) is 0.0714. The molecule has 2 aromatic heterocycles. The molecule has 0 aliphatic heterocycles. The minimum Gasteiger partial charge on any atom is -0.390 e. The van der Waals surface area contributed by atoms with Crippen molar-refractivity contribution in [2.75, 3.05) is 0 Å². The summed E-state index contributed by atoms with van der Waals surface area (Å²) in [6.07, 6.45) is 0. The number of aromatic nitrogens is 2. The summed E-state index contributed by atoms with van der Waals surface area (Å²) in [5.74, 6) is 0. The van der Waals surface area contributed by atoms with Crippen molar-refractivity contribution in [3.05, 3.63) is 57.2 Å².